The van der Waals surface area contributed by atoms with Gasteiger partial charge in [-0.3, -0.25) is 0 Å². The maximum atomic E-state index is 9.04. The molecule has 3 nitrogen and oxygen atoms in total. The van der Waals surface area contributed by atoms with E-state index >= 15 is 0 Å². The Kier molecular flexibility index (Phi) is 2.77. The molecule has 14 heavy (non-hydrogen) atoms. The molecule has 0 atom stereocenters. The Balaban J connectivity index is 1.99. The molecule has 1 saturated carbocycles. The van der Waals surface area contributed by atoms with Gasteiger partial charge >= 0.3 is 0 Å². The minimum Gasteiger partial charge on any atom is -0.508 e. The van der Waals surface area contributed by atoms with Crippen molar-refractivity contribution >= 4 is 5.69 Å². The minimum atomic E-state index is 0.234. The number of azo groups is 1. The van der Waals surface area contributed by atoms with Crippen molar-refractivity contribution in [1.82, 2.24) is 0 Å². The number of phenols is 1. The third kappa shape index (κ3) is 2.31. The predicted molar refractivity (Wildman–Crippen MR) is 53.1 cm³/mol. The lowest BCUT2D eigenvalue weighted by atomic mass is 10.3. The average molecular weight is 185 g/mol. The van der Waals surface area contributed by atoms with E-state index in [1.165, 1.54) is 0 Å². The van der Waals surface area contributed by atoms with E-state index in [0.717, 1.165) is 11.7 Å². The molecule has 69 valence electrons. The van der Waals surface area contributed by atoms with Crippen molar-refractivity contribution < 1.29 is 5.11 Å². The molecule has 0 heterocycles. The van der Waals surface area contributed by atoms with E-state index in [9.17, 15) is 0 Å². The summed E-state index contributed by atoms with van der Waals surface area (Å²) in [4.78, 5) is 0. The Morgan fingerprint density at radius 1 is 0.857 bits per heavy atom. The molecule has 0 aromatic heterocycles. The van der Waals surface area contributed by atoms with E-state index in [4.69, 9.17) is 5.11 Å². The quantitative estimate of drug-likeness (QED) is 0.707. The van der Waals surface area contributed by atoms with Gasteiger partial charge in [0.15, 0.2) is 0 Å². The second kappa shape index (κ2) is 4.22. The summed E-state index contributed by atoms with van der Waals surface area (Å²) in [6.45, 7) is 0. The number of phenolic OH excluding ortho intramolecular Hbond substituents is 1. The molecule has 1 aliphatic carbocycles. The molecule has 0 aliphatic heterocycles. The molecule has 1 aliphatic rings. The van der Waals surface area contributed by atoms with Crippen LogP contribution in [0.1, 0.15) is 0 Å². The van der Waals surface area contributed by atoms with Crippen molar-refractivity contribution in [3.8, 4) is 5.75 Å². The summed E-state index contributed by atoms with van der Waals surface area (Å²) in [6.07, 6.45) is 7.57. The van der Waals surface area contributed by atoms with Crippen LogP contribution in [0.3, 0.4) is 0 Å². The van der Waals surface area contributed by atoms with E-state index < -0.39 is 0 Å². The molecule has 0 saturated heterocycles. The molecule has 1 fully saturated rings. The fraction of sp³-hybridized carbons (Fsp3) is 0. The van der Waals surface area contributed by atoms with Crippen LogP contribution in [0, 0.1) is 31.7 Å². The summed E-state index contributed by atoms with van der Waals surface area (Å²) in [6, 6.07) is 7.42. The van der Waals surface area contributed by atoms with Gasteiger partial charge in [-0.15, -0.1) is 0 Å². The normalized spacial score (nSPS) is 18.0. The standard InChI is InChI=1S/C11H9N2O/c14-11-7-5-10(6-8-11)13-12-9-3-1-2-4-9/h1-8,14H. The molecule has 1 N–H and O–H groups in total. The van der Waals surface area contributed by atoms with Gasteiger partial charge in [0.1, 0.15) is 11.8 Å². The highest BCUT2D eigenvalue weighted by Gasteiger charge is 2.15. The zero-order chi connectivity index (χ0) is 9.80. The van der Waals surface area contributed by atoms with E-state index in [0.29, 0.717) is 0 Å². The van der Waals surface area contributed by atoms with Crippen LogP contribution in [0.25, 0.3) is 0 Å². The molecule has 0 bridgehead atoms. The summed E-state index contributed by atoms with van der Waals surface area (Å²) in [5.74, 6) is 0.234. The van der Waals surface area contributed by atoms with Gasteiger partial charge < -0.3 is 5.11 Å². The van der Waals surface area contributed by atoms with Crippen LogP contribution in [-0.2, 0) is 0 Å². The molecule has 1 aromatic rings. The summed E-state index contributed by atoms with van der Waals surface area (Å²) in [7, 11) is 0. The Morgan fingerprint density at radius 2 is 1.50 bits per heavy atom. The van der Waals surface area contributed by atoms with Gasteiger partial charge in [0.25, 0.3) is 0 Å². The van der Waals surface area contributed by atoms with Gasteiger partial charge in [-0.05, 0) is 49.9 Å². The minimum absolute atomic E-state index is 0.234. The monoisotopic (exact) mass is 185 g/mol. The second-order valence-corrected chi connectivity index (χ2v) is 2.86. The van der Waals surface area contributed by atoms with Crippen LogP contribution < -0.4 is 0 Å². The van der Waals surface area contributed by atoms with Crippen molar-refractivity contribution in [2.24, 2.45) is 10.2 Å². The molecule has 0 amide bonds. The highest BCUT2D eigenvalue weighted by molar-refractivity contribution is 5.41. The van der Waals surface area contributed by atoms with Crippen molar-refractivity contribution in [1.29, 1.82) is 0 Å². The van der Waals surface area contributed by atoms with E-state index in [-0.39, 0.29) is 5.75 Å². The first-order chi connectivity index (χ1) is 6.84. The van der Waals surface area contributed by atoms with Crippen molar-refractivity contribution in [2.45, 2.75) is 0 Å². The first-order valence-corrected chi connectivity index (χ1v) is 4.27. The summed E-state index contributed by atoms with van der Waals surface area (Å²) < 4.78 is 0. The third-order valence-electron chi connectivity index (χ3n) is 1.78. The van der Waals surface area contributed by atoms with E-state index in [2.05, 4.69) is 10.2 Å². The maximum absolute atomic E-state index is 9.04. The highest BCUT2D eigenvalue weighted by Crippen LogP contribution is 2.26. The predicted octanol–water partition coefficient (Wildman–Crippen LogP) is 2.84. The SMILES string of the molecule is Oc1ccc(N=N[C]2[CH][CH][CH][CH]2)cc1. The zero-order valence-corrected chi connectivity index (χ0v) is 7.46. The number of hydrogen-bond donors (Lipinski definition) is 1. The third-order valence-corrected chi connectivity index (χ3v) is 1.78. The molecule has 3 heteroatoms. The van der Waals surface area contributed by atoms with Crippen molar-refractivity contribution in [3.05, 3.63) is 56.0 Å². The molecule has 0 unspecified atom stereocenters. The first-order valence-electron chi connectivity index (χ1n) is 4.27. The molecule has 5 radical (unpaired) electrons. The summed E-state index contributed by atoms with van der Waals surface area (Å²) in [5.41, 5.74) is 0.726. The Hall–Kier alpha value is -1.38. The summed E-state index contributed by atoms with van der Waals surface area (Å²) >= 11 is 0. The van der Waals surface area contributed by atoms with Gasteiger partial charge in [0.2, 0.25) is 0 Å². The van der Waals surface area contributed by atoms with Crippen molar-refractivity contribution in [3.63, 3.8) is 0 Å². The zero-order valence-electron chi connectivity index (χ0n) is 7.46. The van der Waals surface area contributed by atoms with Crippen LogP contribution in [0.4, 0.5) is 5.69 Å². The van der Waals surface area contributed by atoms with Crippen LogP contribution in [0.5, 0.6) is 5.75 Å². The van der Waals surface area contributed by atoms with Gasteiger partial charge in [-0.2, -0.15) is 10.2 Å². The first kappa shape index (κ1) is 9.19. The van der Waals surface area contributed by atoms with Gasteiger partial charge in [-0.1, -0.05) is 0 Å². The Morgan fingerprint density at radius 3 is 2.14 bits per heavy atom. The number of aromatic hydroxyl groups is 1. The van der Waals surface area contributed by atoms with Crippen molar-refractivity contribution in [2.75, 3.05) is 0 Å². The summed E-state index contributed by atoms with van der Waals surface area (Å²) in [5, 5.41) is 17.0. The molecule has 2 rings (SSSR count). The molecule has 0 spiro atoms. The largest absolute Gasteiger partial charge is 0.508 e. The Labute approximate surface area is 83.5 Å². The van der Waals surface area contributed by atoms with Crippen LogP contribution in [0.2, 0.25) is 0 Å². The maximum Gasteiger partial charge on any atom is 0.116 e. The topological polar surface area (TPSA) is 45.0 Å². The van der Waals surface area contributed by atoms with Crippen LogP contribution in [0.15, 0.2) is 34.5 Å². The highest BCUT2D eigenvalue weighted by atomic mass is 16.3. The fourth-order valence-electron chi connectivity index (χ4n) is 1.07. The van der Waals surface area contributed by atoms with Gasteiger partial charge in [0, 0.05) is 0 Å². The van der Waals surface area contributed by atoms with Gasteiger partial charge in [-0.25, -0.2) is 0 Å². The fourth-order valence-corrected chi connectivity index (χ4v) is 1.07. The molecular weight excluding hydrogens is 176 g/mol. The lowest BCUT2D eigenvalue weighted by molar-refractivity contribution is 0.475. The number of benzene rings is 1. The van der Waals surface area contributed by atoms with Gasteiger partial charge in [0.05, 0.1) is 5.69 Å². The molecular formula is C11H9N2O. The Bertz CT molecular complexity index is 313. The lowest BCUT2D eigenvalue weighted by Crippen LogP contribution is -1.82. The lowest BCUT2D eigenvalue weighted by Gasteiger charge is -1.97. The molecule has 1 aromatic carbocycles. The number of rotatable bonds is 2. The van der Waals surface area contributed by atoms with Crippen LogP contribution >= 0.6 is 0 Å². The second-order valence-electron chi connectivity index (χ2n) is 2.86. The number of hydrogen-bond acceptors (Lipinski definition) is 3. The number of nitrogens with zero attached hydrogens (tertiary/aromatic N) is 2. The van der Waals surface area contributed by atoms with E-state index in [1.807, 2.05) is 25.7 Å². The van der Waals surface area contributed by atoms with Crippen LogP contribution in [-0.4, -0.2) is 5.11 Å². The average Bonchev–Trinajstić information content (AvgIpc) is 2.70. The van der Waals surface area contributed by atoms with E-state index in [1.54, 1.807) is 24.3 Å². The smallest absolute Gasteiger partial charge is 0.116 e.